The van der Waals surface area contributed by atoms with Crippen molar-refractivity contribution in [3.63, 3.8) is 0 Å². The molecule has 1 saturated carbocycles. The molecule has 0 aromatic heterocycles. The van der Waals surface area contributed by atoms with Crippen molar-refractivity contribution in [2.45, 2.75) is 43.7 Å². The first-order valence-corrected chi connectivity index (χ1v) is 11.2. The Morgan fingerprint density at radius 1 is 1.23 bits per heavy atom. The number of rotatable bonds is 8. The highest BCUT2D eigenvalue weighted by molar-refractivity contribution is 7.98. The Bertz CT molecular complexity index is 869. The number of benzene rings is 1. The van der Waals surface area contributed by atoms with E-state index >= 15 is 0 Å². The molecule has 3 rings (SSSR count). The van der Waals surface area contributed by atoms with Gasteiger partial charge in [0.05, 0.1) is 17.2 Å². The van der Waals surface area contributed by atoms with E-state index in [-0.39, 0.29) is 17.5 Å². The lowest BCUT2D eigenvalue weighted by molar-refractivity contribution is -0.152. The molecule has 0 spiro atoms. The van der Waals surface area contributed by atoms with Crippen LogP contribution in [0, 0.1) is 11.3 Å². The van der Waals surface area contributed by atoms with Gasteiger partial charge in [0, 0.05) is 0 Å². The number of nitrogens with one attached hydrogen (secondary N) is 1. The van der Waals surface area contributed by atoms with Crippen LogP contribution in [-0.4, -0.2) is 58.8 Å². The molecule has 30 heavy (non-hydrogen) atoms. The molecule has 0 bridgehead atoms. The monoisotopic (exact) mass is 429 g/mol. The van der Waals surface area contributed by atoms with Gasteiger partial charge >= 0.3 is 5.97 Å². The van der Waals surface area contributed by atoms with Crippen molar-refractivity contribution < 1.29 is 23.9 Å². The quantitative estimate of drug-likeness (QED) is 0.495. The van der Waals surface area contributed by atoms with E-state index in [0.717, 1.165) is 17.7 Å². The Morgan fingerprint density at radius 2 is 1.83 bits per heavy atom. The van der Waals surface area contributed by atoms with Crippen molar-refractivity contribution in [3.8, 4) is 6.07 Å². The van der Waals surface area contributed by atoms with Crippen molar-refractivity contribution in [1.82, 2.24) is 10.2 Å². The molecule has 0 unspecified atom stereocenters. The average molecular weight is 429 g/mol. The third-order valence-corrected chi connectivity index (χ3v) is 6.04. The van der Waals surface area contributed by atoms with E-state index in [4.69, 9.17) is 4.74 Å². The first kappa shape index (κ1) is 21.8. The van der Waals surface area contributed by atoms with Crippen LogP contribution in [0.3, 0.4) is 0 Å². The summed E-state index contributed by atoms with van der Waals surface area (Å²) in [6, 6.07) is 7.42. The van der Waals surface area contributed by atoms with Crippen LogP contribution in [-0.2, 0) is 14.3 Å². The van der Waals surface area contributed by atoms with Crippen LogP contribution < -0.4 is 5.32 Å². The lowest BCUT2D eigenvalue weighted by atomic mass is 10.00. The molecule has 3 amide bonds. The lowest BCUT2D eigenvalue weighted by Gasteiger charge is -2.25. The van der Waals surface area contributed by atoms with Crippen molar-refractivity contribution in [3.05, 3.63) is 35.4 Å². The van der Waals surface area contributed by atoms with E-state index in [9.17, 15) is 24.4 Å². The standard InChI is InChI=1S/C21H23N3O5S/c1-30-11-8-16(24-18(26)14-6-2-3-7-15(14)19(24)27)20(28)29-12-17(25)23-21(13-22)9-4-5-10-21/h2-3,6-7,16H,4-5,8-12H2,1H3,(H,23,25)/t16-/m1/s1. The zero-order chi connectivity index (χ0) is 21.7. The summed E-state index contributed by atoms with van der Waals surface area (Å²) in [6.45, 7) is -0.568. The second-order valence-corrected chi connectivity index (χ2v) is 8.37. The Hall–Kier alpha value is -2.86. The molecule has 9 heteroatoms. The molecule has 1 aromatic rings. The summed E-state index contributed by atoms with van der Waals surface area (Å²) >= 11 is 1.47. The maximum atomic E-state index is 12.7. The van der Waals surface area contributed by atoms with Gasteiger partial charge in [0.1, 0.15) is 11.6 Å². The summed E-state index contributed by atoms with van der Waals surface area (Å²) < 4.78 is 5.15. The number of ether oxygens (including phenoxy) is 1. The van der Waals surface area contributed by atoms with Gasteiger partial charge < -0.3 is 10.1 Å². The third-order valence-electron chi connectivity index (χ3n) is 5.40. The molecule has 1 fully saturated rings. The summed E-state index contributed by atoms with van der Waals surface area (Å²) in [5, 5.41) is 12.0. The smallest absolute Gasteiger partial charge is 0.329 e. The van der Waals surface area contributed by atoms with Gasteiger partial charge in [-0.25, -0.2) is 4.79 Å². The largest absolute Gasteiger partial charge is 0.454 e. The molecular weight excluding hydrogens is 406 g/mol. The predicted molar refractivity (Wildman–Crippen MR) is 110 cm³/mol. The Kier molecular flexibility index (Phi) is 6.77. The first-order chi connectivity index (χ1) is 14.4. The third kappa shape index (κ3) is 4.33. The topological polar surface area (TPSA) is 117 Å². The van der Waals surface area contributed by atoms with Crippen LogP contribution in [0.2, 0.25) is 0 Å². The molecule has 1 aromatic carbocycles. The SMILES string of the molecule is CSCC[C@H](C(=O)OCC(=O)NC1(C#N)CCCC1)N1C(=O)c2ccccc2C1=O. The highest BCUT2D eigenvalue weighted by Crippen LogP contribution is 2.29. The Balaban J connectivity index is 1.68. The highest BCUT2D eigenvalue weighted by atomic mass is 32.2. The zero-order valence-corrected chi connectivity index (χ0v) is 17.5. The van der Waals surface area contributed by atoms with Gasteiger partial charge in [-0.3, -0.25) is 19.3 Å². The molecule has 1 atom stereocenters. The molecule has 0 radical (unpaired) electrons. The summed E-state index contributed by atoms with van der Waals surface area (Å²) in [5.41, 5.74) is -0.414. The van der Waals surface area contributed by atoms with Gasteiger partial charge in [0.2, 0.25) is 0 Å². The van der Waals surface area contributed by atoms with Gasteiger partial charge in [-0.05, 0) is 56.2 Å². The number of hydrogen-bond donors (Lipinski definition) is 1. The van der Waals surface area contributed by atoms with Gasteiger partial charge in [-0.1, -0.05) is 12.1 Å². The number of carbonyl (C=O) groups is 4. The Labute approximate surface area is 178 Å². The summed E-state index contributed by atoms with van der Waals surface area (Å²) in [5.74, 6) is -1.95. The minimum Gasteiger partial charge on any atom is -0.454 e. The highest BCUT2D eigenvalue weighted by Gasteiger charge is 2.43. The normalized spacial score (nSPS) is 17.9. The van der Waals surface area contributed by atoms with Gasteiger partial charge in [-0.15, -0.1) is 0 Å². The molecule has 158 valence electrons. The molecular formula is C21H23N3O5S. The van der Waals surface area contributed by atoms with E-state index < -0.39 is 41.9 Å². The average Bonchev–Trinajstić information content (AvgIpc) is 3.31. The number of amides is 3. The summed E-state index contributed by atoms with van der Waals surface area (Å²) in [4.78, 5) is 51.4. The van der Waals surface area contributed by atoms with Crippen LogP contribution in [0.25, 0.3) is 0 Å². The molecule has 8 nitrogen and oxygen atoms in total. The zero-order valence-electron chi connectivity index (χ0n) is 16.7. The molecule has 0 saturated heterocycles. The van der Waals surface area contributed by atoms with E-state index in [2.05, 4.69) is 11.4 Å². The van der Waals surface area contributed by atoms with E-state index in [0.29, 0.717) is 18.6 Å². The fourth-order valence-electron chi connectivity index (χ4n) is 3.85. The first-order valence-electron chi connectivity index (χ1n) is 9.77. The molecule has 1 aliphatic heterocycles. The number of thioether (sulfide) groups is 1. The van der Waals surface area contributed by atoms with Crippen LogP contribution in [0.4, 0.5) is 0 Å². The number of nitriles is 1. The number of esters is 1. The van der Waals surface area contributed by atoms with E-state index in [1.54, 1.807) is 24.3 Å². The van der Waals surface area contributed by atoms with Crippen LogP contribution in [0.1, 0.15) is 52.8 Å². The minimum absolute atomic E-state index is 0.217. The minimum atomic E-state index is -1.12. The number of nitrogens with zero attached hydrogens (tertiary/aromatic N) is 2. The second kappa shape index (κ2) is 9.30. The summed E-state index contributed by atoms with van der Waals surface area (Å²) in [6.07, 6.45) is 4.90. The van der Waals surface area contributed by atoms with Crippen molar-refractivity contribution in [1.29, 1.82) is 5.26 Å². The fraction of sp³-hybridized carbons (Fsp3) is 0.476. The predicted octanol–water partition coefficient (Wildman–Crippen LogP) is 1.90. The van der Waals surface area contributed by atoms with E-state index in [1.807, 2.05) is 6.26 Å². The number of hydrogen-bond acceptors (Lipinski definition) is 7. The molecule has 1 N–H and O–H groups in total. The second-order valence-electron chi connectivity index (χ2n) is 7.38. The Morgan fingerprint density at radius 3 is 2.37 bits per heavy atom. The van der Waals surface area contributed by atoms with Crippen molar-refractivity contribution in [2.75, 3.05) is 18.6 Å². The summed E-state index contributed by atoms with van der Waals surface area (Å²) in [7, 11) is 0. The maximum Gasteiger partial charge on any atom is 0.329 e. The van der Waals surface area contributed by atoms with E-state index in [1.165, 1.54) is 11.8 Å². The van der Waals surface area contributed by atoms with Crippen molar-refractivity contribution in [2.24, 2.45) is 0 Å². The molecule has 2 aliphatic rings. The molecule has 1 aliphatic carbocycles. The van der Waals surface area contributed by atoms with Gasteiger partial charge in [0.15, 0.2) is 6.61 Å². The molecule has 1 heterocycles. The number of imide groups is 1. The van der Waals surface area contributed by atoms with Gasteiger partial charge in [0.25, 0.3) is 17.7 Å². The van der Waals surface area contributed by atoms with Crippen LogP contribution in [0.15, 0.2) is 24.3 Å². The van der Waals surface area contributed by atoms with Gasteiger partial charge in [-0.2, -0.15) is 17.0 Å². The van der Waals surface area contributed by atoms with Crippen LogP contribution in [0.5, 0.6) is 0 Å². The number of carbonyl (C=O) groups excluding carboxylic acids is 4. The maximum absolute atomic E-state index is 12.7. The fourth-order valence-corrected chi connectivity index (χ4v) is 4.31. The lowest BCUT2D eigenvalue weighted by Crippen LogP contribution is -2.49. The van der Waals surface area contributed by atoms with Crippen molar-refractivity contribution >= 4 is 35.5 Å². The van der Waals surface area contributed by atoms with Crippen LogP contribution >= 0.6 is 11.8 Å². The number of fused-ring (bicyclic) bond motifs is 1.